The number of rotatable bonds is 7. The lowest BCUT2D eigenvalue weighted by Gasteiger charge is -2.33. The van der Waals surface area contributed by atoms with E-state index in [4.69, 9.17) is 0 Å². The molecule has 2 fully saturated rings. The fourth-order valence-electron chi connectivity index (χ4n) is 4.46. The molecule has 0 bridgehead atoms. The molecule has 2 aliphatic rings. The number of nitrogens with one attached hydrogen (secondary N) is 1. The van der Waals surface area contributed by atoms with Gasteiger partial charge in [-0.3, -0.25) is 4.79 Å². The Hall–Kier alpha value is -2.22. The zero-order valence-electron chi connectivity index (χ0n) is 17.9. The van der Waals surface area contributed by atoms with E-state index in [1.165, 1.54) is 35.8 Å². The van der Waals surface area contributed by atoms with Gasteiger partial charge in [0, 0.05) is 18.8 Å². The van der Waals surface area contributed by atoms with Gasteiger partial charge < -0.3 is 10.2 Å². The first-order valence-corrected chi connectivity index (χ1v) is 12.7. The van der Waals surface area contributed by atoms with Crippen molar-refractivity contribution in [1.82, 2.24) is 9.21 Å². The molecule has 1 unspecified atom stereocenters. The summed E-state index contributed by atoms with van der Waals surface area (Å²) in [5.41, 5.74) is 1.95. The van der Waals surface area contributed by atoms with Gasteiger partial charge in [0.05, 0.1) is 4.90 Å². The predicted octanol–water partition coefficient (Wildman–Crippen LogP) is 3.51. The first-order valence-electron chi connectivity index (χ1n) is 11.2. The second kappa shape index (κ2) is 9.94. The smallest absolute Gasteiger partial charge is 0.243 e. The Balaban J connectivity index is 1.40. The Morgan fingerprint density at radius 1 is 0.903 bits per heavy atom. The van der Waals surface area contributed by atoms with Crippen molar-refractivity contribution in [3.05, 3.63) is 60.2 Å². The van der Waals surface area contributed by atoms with E-state index in [0.717, 1.165) is 25.8 Å². The average Bonchev–Trinajstić information content (AvgIpc) is 3.33. The van der Waals surface area contributed by atoms with Gasteiger partial charge in [-0.1, -0.05) is 36.8 Å². The molecule has 0 saturated carbocycles. The van der Waals surface area contributed by atoms with Gasteiger partial charge in [-0.15, -0.1) is 0 Å². The molecule has 166 valence electrons. The van der Waals surface area contributed by atoms with Crippen LogP contribution in [0.15, 0.2) is 59.5 Å². The van der Waals surface area contributed by atoms with E-state index in [9.17, 15) is 13.2 Å². The molecular formula is C24H31N3O3S. The second-order valence-corrected chi connectivity index (χ2v) is 10.3. The van der Waals surface area contributed by atoms with E-state index >= 15 is 0 Å². The highest BCUT2D eigenvalue weighted by Crippen LogP contribution is 2.26. The minimum atomic E-state index is -3.70. The second-order valence-electron chi connectivity index (χ2n) is 8.43. The van der Waals surface area contributed by atoms with Crippen LogP contribution >= 0.6 is 0 Å². The first kappa shape index (κ1) is 22.0. The van der Waals surface area contributed by atoms with Gasteiger partial charge in [0.15, 0.2) is 0 Å². The highest BCUT2D eigenvalue weighted by molar-refractivity contribution is 7.89. The third kappa shape index (κ3) is 5.34. The van der Waals surface area contributed by atoms with Crippen LogP contribution in [0.1, 0.15) is 37.7 Å². The number of piperidine rings is 1. The monoisotopic (exact) mass is 441 g/mol. The number of carbonyl (C=O) groups excluding carboxylic acids is 1. The normalized spacial score (nSPS) is 20.6. The largest absolute Gasteiger partial charge is 0.325 e. The summed E-state index contributed by atoms with van der Waals surface area (Å²) in [6.07, 6.45) is 5.73. The van der Waals surface area contributed by atoms with Crippen LogP contribution in [0.5, 0.6) is 0 Å². The lowest BCUT2D eigenvalue weighted by atomic mass is 10.0. The van der Waals surface area contributed by atoms with Crippen LogP contribution in [0.25, 0.3) is 0 Å². The summed E-state index contributed by atoms with van der Waals surface area (Å²) in [7, 11) is -3.70. The number of hydrogen-bond acceptors (Lipinski definition) is 4. The number of likely N-dealkylation sites (tertiary alicyclic amines) is 1. The van der Waals surface area contributed by atoms with E-state index < -0.39 is 16.1 Å². The van der Waals surface area contributed by atoms with Crippen molar-refractivity contribution in [2.75, 3.05) is 31.5 Å². The van der Waals surface area contributed by atoms with E-state index in [-0.39, 0.29) is 10.8 Å². The summed E-state index contributed by atoms with van der Waals surface area (Å²) in [5.74, 6) is -0.260. The minimum Gasteiger partial charge on any atom is -0.325 e. The van der Waals surface area contributed by atoms with E-state index in [2.05, 4.69) is 10.2 Å². The van der Waals surface area contributed by atoms with E-state index in [1.807, 2.05) is 24.3 Å². The molecule has 2 heterocycles. The lowest BCUT2D eigenvalue weighted by molar-refractivity contribution is -0.120. The van der Waals surface area contributed by atoms with Gasteiger partial charge in [-0.25, -0.2) is 8.42 Å². The third-order valence-electron chi connectivity index (χ3n) is 6.24. The average molecular weight is 442 g/mol. The van der Waals surface area contributed by atoms with E-state index in [0.29, 0.717) is 18.7 Å². The Bertz CT molecular complexity index is 971. The maximum absolute atomic E-state index is 13.1. The summed E-state index contributed by atoms with van der Waals surface area (Å²) in [6, 6.07) is 15.6. The first-order chi connectivity index (χ1) is 15.0. The number of sulfonamides is 1. The molecule has 2 aromatic carbocycles. The Morgan fingerprint density at radius 2 is 1.58 bits per heavy atom. The van der Waals surface area contributed by atoms with Crippen molar-refractivity contribution in [1.29, 1.82) is 0 Å². The van der Waals surface area contributed by atoms with Crippen molar-refractivity contribution in [2.45, 2.75) is 49.5 Å². The van der Waals surface area contributed by atoms with Crippen LogP contribution in [-0.2, 0) is 21.2 Å². The van der Waals surface area contributed by atoms with Crippen molar-refractivity contribution in [2.24, 2.45) is 0 Å². The summed E-state index contributed by atoms with van der Waals surface area (Å²) in [4.78, 5) is 15.7. The summed E-state index contributed by atoms with van der Waals surface area (Å²) in [6.45, 7) is 3.82. The molecule has 2 saturated heterocycles. The molecule has 0 aromatic heterocycles. The molecule has 0 aliphatic carbocycles. The summed E-state index contributed by atoms with van der Waals surface area (Å²) >= 11 is 0. The predicted molar refractivity (Wildman–Crippen MR) is 122 cm³/mol. The zero-order valence-corrected chi connectivity index (χ0v) is 18.7. The molecule has 4 rings (SSSR count). The van der Waals surface area contributed by atoms with Gasteiger partial charge in [0.2, 0.25) is 15.9 Å². The van der Waals surface area contributed by atoms with Crippen molar-refractivity contribution >= 4 is 21.6 Å². The minimum absolute atomic E-state index is 0.233. The van der Waals surface area contributed by atoms with Crippen LogP contribution in [-0.4, -0.2) is 55.8 Å². The SMILES string of the molecule is O=C(Nc1ccc(CCN2CCCC2)cc1)C1CCCCN1S(=O)(=O)c1ccccc1. The molecule has 2 aliphatic heterocycles. The molecule has 7 heteroatoms. The van der Waals surface area contributed by atoms with Crippen molar-refractivity contribution in [3.63, 3.8) is 0 Å². The maximum Gasteiger partial charge on any atom is 0.243 e. The van der Waals surface area contributed by atoms with Crippen LogP contribution < -0.4 is 5.32 Å². The van der Waals surface area contributed by atoms with Gasteiger partial charge in [-0.05, 0) is 75.0 Å². The molecule has 0 radical (unpaired) electrons. The number of carbonyl (C=O) groups is 1. The Kier molecular flexibility index (Phi) is 7.05. The molecule has 6 nitrogen and oxygen atoms in total. The highest BCUT2D eigenvalue weighted by atomic mass is 32.2. The standard InChI is InChI=1S/C24H31N3O3S/c28-24(25-21-13-11-20(12-14-21)15-19-26-16-6-7-17-26)23-10-4-5-18-27(23)31(29,30)22-8-2-1-3-9-22/h1-3,8-9,11-14,23H,4-7,10,15-19H2,(H,25,28). The number of anilines is 1. The molecule has 0 spiro atoms. The van der Waals surface area contributed by atoms with Crippen molar-refractivity contribution in [3.8, 4) is 0 Å². The molecule has 1 amide bonds. The topological polar surface area (TPSA) is 69.7 Å². The van der Waals surface area contributed by atoms with Gasteiger partial charge >= 0.3 is 0 Å². The van der Waals surface area contributed by atoms with Gasteiger partial charge in [0.1, 0.15) is 6.04 Å². The van der Waals surface area contributed by atoms with Gasteiger partial charge in [0.25, 0.3) is 0 Å². The maximum atomic E-state index is 13.1. The number of hydrogen-bond donors (Lipinski definition) is 1. The lowest BCUT2D eigenvalue weighted by Crippen LogP contribution is -2.49. The van der Waals surface area contributed by atoms with Gasteiger partial charge in [-0.2, -0.15) is 4.31 Å². The number of nitrogens with zero attached hydrogens (tertiary/aromatic N) is 2. The fourth-order valence-corrected chi connectivity index (χ4v) is 6.13. The quantitative estimate of drug-likeness (QED) is 0.714. The number of benzene rings is 2. The third-order valence-corrected chi connectivity index (χ3v) is 8.17. The molecule has 1 atom stereocenters. The molecular weight excluding hydrogens is 410 g/mol. The molecule has 1 N–H and O–H groups in total. The fraction of sp³-hybridized carbons (Fsp3) is 0.458. The summed E-state index contributed by atoms with van der Waals surface area (Å²) < 4.78 is 27.6. The Labute approximate surface area is 185 Å². The van der Waals surface area contributed by atoms with Crippen LogP contribution in [0.4, 0.5) is 5.69 Å². The van der Waals surface area contributed by atoms with Crippen molar-refractivity contribution < 1.29 is 13.2 Å². The Morgan fingerprint density at radius 3 is 2.29 bits per heavy atom. The van der Waals surface area contributed by atoms with Crippen LogP contribution in [0.2, 0.25) is 0 Å². The highest BCUT2D eigenvalue weighted by Gasteiger charge is 2.37. The van der Waals surface area contributed by atoms with E-state index in [1.54, 1.807) is 30.3 Å². The molecule has 2 aromatic rings. The molecule has 31 heavy (non-hydrogen) atoms. The summed E-state index contributed by atoms with van der Waals surface area (Å²) in [5, 5.41) is 2.93. The zero-order chi connectivity index (χ0) is 21.7. The van der Waals surface area contributed by atoms with Crippen LogP contribution in [0, 0.1) is 0 Å². The van der Waals surface area contributed by atoms with Crippen LogP contribution in [0.3, 0.4) is 0 Å². The number of amides is 1.